The molecule has 0 aliphatic heterocycles. The van der Waals surface area contributed by atoms with Crippen molar-refractivity contribution in [3.63, 3.8) is 0 Å². The zero-order valence-electron chi connectivity index (χ0n) is 40.8. The van der Waals surface area contributed by atoms with E-state index in [9.17, 15) is 0 Å². The second-order valence-corrected chi connectivity index (χ2v) is 20.0. The highest BCUT2D eigenvalue weighted by Crippen LogP contribution is 2.47. The maximum Gasteiger partial charge on any atom is 0.165 e. The summed E-state index contributed by atoms with van der Waals surface area (Å²) in [5.41, 5.74) is 11.4. The Labute approximate surface area is 434 Å². The van der Waals surface area contributed by atoms with Gasteiger partial charge in [0.05, 0.1) is 44.1 Å². The van der Waals surface area contributed by atoms with Crippen LogP contribution in [0.5, 0.6) is 0 Å². The molecule has 0 aliphatic carbocycles. The summed E-state index contributed by atoms with van der Waals surface area (Å²) in [5.74, 6) is 1.55. The van der Waals surface area contributed by atoms with Gasteiger partial charge in [-0.3, -0.25) is 9.13 Å². The molecule has 17 aromatic rings. The quantitative estimate of drug-likeness (QED) is 0.165. The Hall–Kier alpha value is -10.3. The Balaban J connectivity index is 1.03. The number of para-hydroxylation sites is 2. The van der Waals surface area contributed by atoms with Crippen molar-refractivity contribution in [3.05, 3.63) is 243 Å². The molecule has 350 valence electrons. The lowest BCUT2D eigenvalue weighted by Gasteiger charge is -2.18. The minimum Gasteiger partial charge on any atom is -0.292 e. The van der Waals surface area contributed by atoms with Gasteiger partial charge < -0.3 is 0 Å². The number of hydrogen-bond acceptors (Lipinski definition) is 4. The predicted molar refractivity (Wildman–Crippen MR) is 317 cm³/mol. The van der Waals surface area contributed by atoms with Crippen LogP contribution < -0.4 is 0 Å². The first-order valence-electron chi connectivity index (χ1n) is 25.9. The lowest BCUT2D eigenvalue weighted by Crippen LogP contribution is -2.05. The third-order valence-electron chi connectivity index (χ3n) is 16.0. The minimum absolute atomic E-state index is 0.774. The largest absolute Gasteiger partial charge is 0.292 e. The molecular formula is C70H40N6. The van der Waals surface area contributed by atoms with Gasteiger partial charge in [0.2, 0.25) is 0 Å². The molecule has 0 radical (unpaired) electrons. The van der Waals surface area contributed by atoms with Gasteiger partial charge in [0, 0.05) is 54.2 Å². The van der Waals surface area contributed by atoms with Crippen LogP contribution in [0.15, 0.2) is 243 Å². The van der Waals surface area contributed by atoms with Crippen LogP contribution in [0.3, 0.4) is 0 Å². The lowest BCUT2D eigenvalue weighted by molar-refractivity contribution is 1.08. The summed E-state index contributed by atoms with van der Waals surface area (Å²) >= 11 is 0. The van der Waals surface area contributed by atoms with Crippen molar-refractivity contribution in [2.45, 2.75) is 0 Å². The van der Waals surface area contributed by atoms with E-state index in [0.717, 1.165) is 164 Å². The Kier molecular flexibility index (Phi) is 8.46. The molecule has 0 spiro atoms. The van der Waals surface area contributed by atoms with E-state index >= 15 is 0 Å². The van der Waals surface area contributed by atoms with E-state index < -0.39 is 0 Å². The van der Waals surface area contributed by atoms with Gasteiger partial charge >= 0.3 is 0 Å². The molecule has 13 aromatic carbocycles. The van der Waals surface area contributed by atoms with Gasteiger partial charge in [-0.2, -0.15) is 0 Å². The second-order valence-electron chi connectivity index (χ2n) is 20.0. The monoisotopic (exact) mass is 964 g/mol. The molecule has 6 nitrogen and oxygen atoms in total. The van der Waals surface area contributed by atoms with Crippen LogP contribution in [-0.4, -0.2) is 29.1 Å². The van der Waals surface area contributed by atoms with Crippen LogP contribution in [0.1, 0.15) is 0 Å². The van der Waals surface area contributed by atoms with Crippen LogP contribution >= 0.6 is 0 Å². The van der Waals surface area contributed by atoms with Crippen LogP contribution in [0.4, 0.5) is 0 Å². The zero-order valence-corrected chi connectivity index (χ0v) is 40.8. The summed E-state index contributed by atoms with van der Waals surface area (Å²) in [7, 11) is 0. The summed E-state index contributed by atoms with van der Waals surface area (Å²) in [6, 6.07) is 86.9. The number of hydrogen-bond donors (Lipinski definition) is 0. The highest BCUT2D eigenvalue weighted by molar-refractivity contribution is 6.30. The Morgan fingerprint density at radius 3 is 0.882 bits per heavy atom. The maximum atomic E-state index is 5.90. The van der Waals surface area contributed by atoms with Crippen LogP contribution in [-0.2, 0) is 0 Å². The van der Waals surface area contributed by atoms with Gasteiger partial charge in [0.25, 0.3) is 0 Å². The van der Waals surface area contributed by atoms with E-state index in [2.05, 4.69) is 252 Å². The number of nitrogens with zero attached hydrogens (tertiary/aromatic N) is 6. The molecule has 0 fully saturated rings. The fourth-order valence-electron chi connectivity index (χ4n) is 12.8. The molecule has 4 aromatic heterocycles. The third kappa shape index (κ3) is 5.64. The molecule has 17 rings (SSSR count). The van der Waals surface area contributed by atoms with E-state index in [0.29, 0.717) is 0 Å². The standard InChI is InChI=1S/C70H40N6/c1-3-23-43-41(19-1)21-17-35-49(43)67-69(73-65-53-31-11-7-27-47(53)45-25-5-9-29-51(45)63(65)71-67)75-57-37-15-13-33-55(57)61-59(75)39-40-60-62(61)56-34-14-16-38-58(56)76(60)70-68(50-36-18-22-42-20-2-4-24-44(42)50)72-64-52-30-10-6-26-46(52)48-28-8-12-32-54(48)66(64)74-70/h1-40H. The summed E-state index contributed by atoms with van der Waals surface area (Å²) in [6.07, 6.45) is 0. The molecule has 0 unspecified atom stereocenters. The van der Waals surface area contributed by atoms with Gasteiger partial charge in [-0.05, 0) is 67.4 Å². The van der Waals surface area contributed by atoms with E-state index in [1.165, 1.54) is 0 Å². The first-order valence-corrected chi connectivity index (χ1v) is 25.9. The fraction of sp³-hybridized carbons (Fsp3) is 0. The average Bonchev–Trinajstić information content (AvgIpc) is 4.03. The van der Waals surface area contributed by atoms with Crippen LogP contribution in [0.2, 0.25) is 0 Å². The molecule has 6 heteroatoms. The summed E-state index contributed by atoms with van der Waals surface area (Å²) < 4.78 is 4.75. The van der Waals surface area contributed by atoms with E-state index in [1.54, 1.807) is 0 Å². The smallest absolute Gasteiger partial charge is 0.165 e. The lowest BCUT2D eigenvalue weighted by atomic mass is 9.98. The molecule has 0 saturated carbocycles. The predicted octanol–water partition coefficient (Wildman–Crippen LogP) is 18.0. The van der Waals surface area contributed by atoms with E-state index in [1.807, 2.05) is 0 Å². The summed E-state index contributed by atoms with van der Waals surface area (Å²) in [4.78, 5) is 23.4. The van der Waals surface area contributed by atoms with E-state index in [4.69, 9.17) is 19.9 Å². The Morgan fingerprint density at radius 2 is 0.500 bits per heavy atom. The molecule has 0 aliphatic rings. The number of fused-ring (bicyclic) bond motifs is 21. The average molecular weight is 965 g/mol. The van der Waals surface area contributed by atoms with Crippen molar-refractivity contribution < 1.29 is 0 Å². The molecular weight excluding hydrogens is 925 g/mol. The fourth-order valence-corrected chi connectivity index (χ4v) is 12.8. The molecule has 0 saturated heterocycles. The van der Waals surface area contributed by atoms with Crippen molar-refractivity contribution in [2.75, 3.05) is 0 Å². The van der Waals surface area contributed by atoms with E-state index in [-0.39, 0.29) is 0 Å². The van der Waals surface area contributed by atoms with Crippen molar-refractivity contribution in [1.82, 2.24) is 29.1 Å². The molecule has 4 heterocycles. The summed E-state index contributed by atoms with van der Waals surface area (Å²) in [6.45, 7) is 0. The van der Waals surface area contributed by atoms with Crippen molar-refractivity contribution in [2.24, 2.45) is 0 Å². The van der Waals surface area contributed by atoms with Gasteiger partial charge in [-0.15, -0.1) is 0 Å². The third-order valence-corrected chi connectivity index (χ3v) is 16.0. The van der Waals surface area contributed by atoms with Crippen molar-refractivity contribution in [3.8, 4) is 34.2 Å². The van der Waals surface area contributed by atoms with Crippen LogP contribution in [0.25, 0.3) is 164 Å². The first kappa shape index (κ1) is 41.2. The molecule has 0 amide bonds. The number of aromatic nitrogens is 6. The zero-order chi connectivity index (χ0) is 49.6. The molecule has 0 bridgehead atoms. The van der Waals surface area contributed by atoms with Gasteiger partial charge in [0.15, 0.2) is 11.6 Å². The normalized spacial score (nSPS) is 12.2. The topological polar surface area (TPSA) is 61.4 Å². The molecule has 0 atom stereocenters. The first-order chi connectivity index (χ1) is 37.7. The maximum absolute atomic E-state index is 5.90. The summed E-state index contributed by atoms with van der Waals surface area (Å²) in [5, 5.41) is 18.0. The Morgan fingerprint density at radius 1 is 0.211 bits per heavy atom. The highest BCUT2D eigenvalue weighted by Gasteiger charge is 2.27. The highest BCUT2D eigenvalue weighted by atomic mass is 15.1. The number of rotatable bonds is 4. The van der Waals surface area contributed by atoms with Crippen molar-refractivity contribution in [1.29, 1.82) is 0 Å². The van der Waals surface area contributed by atoms with Gasteiger partial charge in [-0.1, -0.05) is 218 Å². The van der Waals surface area contributed by atoms with Gasteiger partial charge in [-0.25, -0.2) is 19.9 Å². The number of benzene rings is 13. The van der Waals surface area contributed by atoms with Crippen molar-refractivity contribution >= 4 is 130 Å². The molecule has 76 heavy (non-hydrogen) atoms. The van der Waals surface area contributed by atoms with Crippen LogP contribution in [0, 0.1) is 0 Å². The second kappa shape index (κ2) is 15.6. The Bertz CT molecular complexity index is 5030. The SMILES string of the molecule is c1ccc2c(-c3nc4c5ccccc5c5ccccc5c4nc3-n3c4ccccc4c4c5c6ccccc6n(-c6nc7c8ccccc8c8ccccc8c7nc6-c6cccc7ccccc67)c5ccc43)cccc2c1. The minimum atomic E-state index is 0.774. The molecule has 0 N–H and O–H groups in total. The van der Waals surface area contributed by atoms with Gasteiger partial charge in [0.1, 0.15) is 11.4 Å².